The number of rotatable bonds is 8. The molecular weight excluding hydrogens is 1600 g/mol. The summed E-state index contributed by atoms with van der Waals surface area (Å²) in [7, 11) is 7.93. The van der Waals surface area contributed by atoms with Crippen molar-refractivity contribution in [1.82, 2.24) is 0 Å². The number of hydrogen-bond donors (Lipinski definition) is 0. The van der Waals surface area contributed by atoms with Crippen LogP contribution in [0.15, 0.2) is 364 Å². The van der Waals surface area contributed by atoms with Gasteiger partial charge in [0.05, 0.1) is 22.3 Å². The minimum atomic E-state index is -2.35. The number of nitrogens with zero attached hydrogens (tertiary/aromatic N) is 4. The lowest BCUT2D eigenvalue weighted by Crippen LogP contribution is -2.31. The number of aryl methyl sites for hydroxylation is 15. The summed E-state index contributed by atoms with van der Waals surface area (Å²) in [4.78, 5) is 0. The minimum Gasteiger partial charge on any atom is -0.455 e. The number of benzene rings is 16. The highest BCUT2D eigenvalue weighted by Gasteiger charge is 2.30. The van der Waals surface area contributed by atoms with E-state index in [2.05, 4.69) is 278 Å². The molecule has 131 heavy (non-hydrogen) atoms. The third-order valence-electron chi connectivity index (χ3n) is 26.3. The maximum atomic E-state index is 8.31. The molecule has 24 aromatic rings. The van der Waals surface area contributed by atoms with E-state index in [-0.39, 0.29) is 11.1 Å². The van der Waals surface area contributed by atoms with Crippen molar-refractivity contribution >= 4 is 131 Å². The Labute approximate surface area is 775 Å². The van der Waals surface area contributed by atoms with Crippen molar-refractivity contribution in [3.8, 4) is 89.5 Å². The van der Waals surface area contributed by atoms with E-state index in [0.29, 0.717) is 33.2 Å². The fourth-order valence-corrected chi connectivity index (χ4v) is 19.7. The van der Waals surface area contributed by atoms with Crippen molar-refractivity contribution in [2.75, 3.05) is 0 Å². The first-order valence-corrected chi connectivity index (χ1v) is 44.5. The van der Waals surface area contributed by atoms with E-state index in [0.717, 1.165) is 138 Å². The Bertz CT molecular complexity index is 9150. The van der Waals surface area contributed by atoms with Crippen molar-refractivity contribution in [1.29, 1.82) is 0 Å². The number of pyridine rings is 4. The molecule has 0 aliphatic heterocycles. The van der Waals surface area contributed by atoms with Crippen molar-refractivity contribution in [3.63, 3.8) is 0 Å². The topological polar surface area (TPSA) is 68.1 Å². The molecule has 0 fully saturated rings. The van der Waals surface area contributed by atoms with E-state index in [1.165, 1.54) is 98.7 Å². The summed E-state index contributed by atoms with van der Waals surface area (Å²) in [6.45, 7) is 10.0. The molecule has 16 aromatic carbocycles. The summed E-state index contributed by atoms with van der Waals surface area (Å²) in [6.07, 6.45) is 7.74. The predicted molar refractivity (Wildman–Crippen MR) is 545 cm³/mol. The SMILES string of the molecule is Cc1ccc2cc3oc4c(-c5cc(-c6ccccc6)c(C)c[n+]5C)c(C)cc(C)c4c3cc2c1.Cc1ccc2cc3oc4c(-c5cc(-c6ccccc6)cc[n+]5C)c(C)ccc4c3cc2c1.[2H]C([2H])([2H])c1c[n+](C)c(-c2c(C)cc(C([2H])([2H])[2H])c3c2oc2cc4ccccc4cc23)cc1-c1ccccc1.[2H]C([2H])([2H])c1c[n+](C)c(-c2c(C)ccc3c2oc2cc4ccccc4cc23)cc1-c1ccccc1. The second kappa shape index (κ2) is 33.2. The Morgan fingerprint density at radius 2 is 0.542 bits per heavy atom. The van der Waals surface area contributed by atoms with Gasteiger partial charge >= 0.3 is 0 Å². The molecule has 0 N–H and O–H groups in total. The van der Waals surface area contributed by atoms with Crippen LogP contribution in [-0.4, -0.2) is 0 Å². The number of furan rings is 4. The molecule has 0 amide bonds. The van der Waals surface area contributed by atoms with Gasteiger partial charge < -0.3 is 17.7 Å². The van der Waals surface area contributed by atoms with E-state index in [1.807, 2.05) is 140 Å². The maximum Gasteiger partial charge on any atom is 0.216 e. The quantitative estimate of drug-likeness (QED) is 0.142. The highest BCUT2D eigenvalue weighted by atomic mass is 16.3. The van der Waals surface area contributed by atoms with E-state index < -0.39 is 20.6 Å². The van der Waals surface area contributed by atoms with Gasteiger partial charge in [0, 0.05) is 102 Å². The summed E-state index contributed by atoms with van der Waals surface area (Å²) in [5.41, 5.74) is 32.4. The van der Waals surface area contributed by atoms with Crippen molar-refractivity contribution in [2.24, 2.45) is 28.2 Å². The number of aromatic nitrogens is 4. The van der Waals surface area contributed by atoms with Gasteiger partial charge in [-0.2, -0.15) is 0 Å². The van der Waals surface area contributed by atoms with Crippen LogP contribution in [0, 0.1) is 75.9 Å². The Morgan fingerprint density at radius 3 is 0.977 bits per heavy atom. The Kier molecular flexibility index (Phi) is 18.4. The fraction of sp³-hybridized carbons (Fsp3) is 0.122. The van der Waals surface area contributed by atoms with Gasteiger partial charge in [-0.15, -0.1) is 0 Å². The standard InChI is InChI=1S/C32H28NO.C31H26NO.2C30H24NO/c1-19-11-12-24-16-29-27(15-25(24)13-19)30-20(2)14-21(3)31(32(30)34-29)28-17-26(22(4)18-33(28)5)23-9-7-6-8-10-23;1-19-14-20(2)30(27-17-25(21(3)18-32(27)4)22-10-6-5-7-11-22)31-29(19)26-15-23-12-8-9-13-24(23)16-28(26)33-31;1-19-13-14-24-26-15-22-11-7-8-12-23(22)16-28(26)32-30(24)29(19)27-17-25(20(2)18-31(27)3)21-9-5-4-6-10-21;1-19-9-11-22-18-28-26(16-24(22)15-19)25-12-10-20(2)29(30(25)32-28)27-17-23(13-14-31(27)3)21-7-5-4-6-8-21/h6-18H,1-5H3;5-18H,1-4H3;2*4-18H,1-3H3/q4*+1/i;1D3,3D3;2D3;. The van der Waals surface area contributed by atoms with Crippen LogP contribution in [0.1, 0.15) is 73.5 Å². The zero-order chi connectivity index (χ0) is 97.4. The van der Waals surface area contributed by atoms with Crippen molar-refractivity contribution in [2.45, 2.75) is 75.9 Å². The molecule has 0 aliphatic rings. The molecular formula is C123H102N4O4+4. The van der Waals surface area contributed by atoms with Crippen LogP contribution >= 0.6 is 0 Å². The van der Waals surface area contributed by atoms with Gasteiger partial charge in [-0.05, 0) is 245 Å². The van der Waals surface area contributed by atoms with Gasteiger partial charge in [-0.25, -0.2) is 18.3 Å². The van der Waals surface area contributed by atoms with Crippen LogP contribution in [-0.2, 0) is 28.2 Å². The summed E-state index contributed by atoms with van der Waals surface area (Å²) in [5.74, 6) is 0. The van der Waals surface area contributed by atoms with E-state index in [9.17, 15) is 0 Å². The van der Waals surface area contributed by atoms with Crippen LogP contribution in [0.2, 0.25) is 0 Å². The molecule has 8 heterocycles. The van der Waals surface area contributed by atoms with E-state index in [4.69, 9.17) is 30.0 Å². The first-order chi connectivity index (χ1) is 67.2. The van der Waals surface area contributed by atoms with Crippen LogP contribution < -0.4 is 18.3 Å². The molecule has 8 heteroatoms. The molecule has 0 atom stereocenters. The van der Waals surface area contributed by atoms with Crippen molar-refractivity contribution in [3.05, 3.63) is 408 Å². The average molecular weight is 1710 g/mol. The van der Waals surface area contributed by atoms with E-state index in [1.54, 1.807) is 30.1 Å². The zero-order valence-corrected chi connectivity index (χ0v) is 75.3. The summed E-state index contributed by atoms with van der Waals surface area (Å²) in [6, 6.07) is 110. The summed E-state index contributed by atoms with van der Waals surface area (Å²) < 4.78 is 108. The summed E-state index contributed by atoms with van der Waals surface area (Å²) in [5, 5.41) is 17.3. The smallest absolute Gasteiger partial charge is 0.216 e. The number of hydrogen-bond acceptors (Lipinski definition) is 4. The van der Waals surface area contributed by atoms with Gasteiger partial charge in [0.1, 0.15) is 72.9 Å². The van der Waals surface area contributed by atoms with Crippen LogP contribution in [0.3, 0.4) is 0 Å². The third-order valence-corrected chi connectivity index (χ3v) is 26.3. The molecule has 634 valence electrons. The minimum absolute atomic E-state index is 0.234. The first kappa shape index (κ1) is 72.4. The Hall–Kier alpha value is -15.6. The molecule has 0 aliphatic carbocycles. The molecule has 8 aromatic heterocycles. The van der Waals surface area contributed by atoms with Crippen LogP contribution in [0.25, 0.3) is 220 Å². The van der Waals surface area contributed by atoms with Gasteiger partial charge in [0.15, 0.2) is 24.8 Å². The van der Waals surface area contributed by atoms with Gasteiger partial charge in [0.2, 0.25) is 22.8 Å². The molecule has 0 radical (unpaired) electrons. The van der Waals surface area contributed by atoms with Gasteiger partial charge in [0.25, 0.3) is 0 Å². The second-order valence-corrected chi connectivity index (χ2v) is 35.3. The molecule has 0 spiro atoms. The Morgan fingerprint density at radius 1 is 0.214 bits per heavy atom. The Balaban J connectivity index is 0.000000111. The maximum absolute atomic E-state index is 8.31. The highest BCUT2D eigenvalue weighted by Crippen LogP contribution is 2.47. The molecule has 24 rings (SSSR count). The largest absolute Gasteiger partial charge is 0.455 e. The molecule has 8 nitrogen and oxygen atoms in total. The lowest BCUT2D eigenvalue weighted by atomic mass is 9.94. The first-order valence-electron chi connectivity index (χ1n) is 49.0. The van der Waals surface area contributed by atoms with Crippen LogP contribution in [0.5, 0.6) is 0 Å². The number of fused-ring (bicyclic) bond motifs is 16. The lowest BCUT2D eigenvalue weighted by Gasteiger charge is -2.11. The van der Waals surface area contributed by atoms with Crippen LogP contribution in [0.4, 0.5) is 0 Å². The van der Waals surface area contributed by atoms with E-state index >= 15 is 0 Å². The predicted octanol–water partition coefficient (Wildman–Crippen LogP) is 31.0. The monoisotopic (exact) mass is 1710 g/mol. The van der Waals surface area contributed by atoms with Gasteiger partial charge in [-0.1, -0.05) is 254 Å². The average Bonchev–Trinajstić information content (AvgIpc) is 1.55. The second-order valence-electron chi connectivity index (χ2n) is 35.3. The van der Waals surface area contributed by atoms with Crippen molar-refractivity contribution < 1.29 is 48.3 Å². The molecule has 0 saturated heterocycles. The highest BCUT2D eigenvalue weighted by molar-refractivity contribution is 6.18. The normalized spacial score (nSPS) is 12.9. The summed E-state index contributed by atoms with van der Waals surface area (Å²) >= 11 is 0. The molecule has 0 saturated carbocycles. The zero-order valence-electron chi connectivity index (χ0n) is 84.3. The third kappa shape index (κ3) is 14.9. The lowest BCUT2D eigenvalue weighted by molar-refractivity contribution is -0.660. The van der Waals surface area contributed by atoms with Gasteiger partial charge in [-0.3, -0.25) is 0 Å². The molecule has 0 unspecified atom stereocenters. The fourth-order valence-electron chi connectivity index (χ4n) is 19.7. The molecule has 0 bridgehead atoms.